The fourth-order valence-corrected chi connectivity index (χ4v) is 10.6. The Bertz CT molecular complexity index is 2070. The molecule has 0 spiro atoms. The number of aliphatic hydroxyl groups is 4. The molecule has 2 saturated heterocycles. The number of aliphatic hydroxyl groups excluding tert-OH is 3. The Morgan fingerprint density at radius 2 is 1.13 bits per heavy atom. The van der Waals surface area contributed by atoms with Gasteiger partial charge in [-0.05, 0) is 107 Å². The minimum Gasteiger partial charge on any atom is -0.460 e. The second kappa shape index (κ2) is 125. The van der Waals surface area contributed by atoms with Crippen LogP contribution < -0.4 is 0 Å². The van der Waals surface area contributed by atoms with Crippen LogP contribution in [-0.4, -0.2) is 162 Å². The molecule has 505 valence electrons. The van der Waals surface area contributed by atoms with Crippen molar-refractivity contribution in [3.8, 4) is 0 Å². The number of carbonyl (C=O) groups excluding carboxylic acids is 6. The van der Waals surface area contributed by atoms with Crippen LogP contribution >= 0.6 is 0 Å². The van der Waals surface area contributed by atoms with Gasteiger partial charge in [-0.3, -0.25) is 19.2 Å². The molecule has 4 N–H and O–H groups in total. The van der Waals surface area contributed by atoms with Crippen molar-refractivity contribution in [1.29, 1.82) is 0 Å². The van der Waals surface area contributed by atoms with Gasteiger partial charge in [0.15, 0.2) is 5.78 Å². The van der Waals surface area contributed by atoms with Crippen LogP contribution in [0.15, 0.2) is 47.6 Å². The van der Waals surface area contributed by atoms with Gasteiger partial charge < -0.3 is 58.5 Å². The van der Waals surface area contributed by atoms with Crippen molar-refractivity contribution in [2.45, 2.75) is 186 Å². The third-order valence-electron chi connectivity index (χ3n) is 15.3. The Hall–Kier alpha value is 30.1. The summed E-state index contributed by atoms with van der Waals surface area (Å²) in [4.78, 5) is 84.8. The van der Waals surface area contributed by atoms with Crippen molar-refractivity contribution in [2.75, 3.05) is 41.1 Å². The topological polar surface area (TPSA) is 251 Å². The van der Waals surface area contributed by atoms with Gasteiger partial charge in [-0.25, -0.2) is 9.59 Å². The molecule has 16 atom stereocenters. The molecule has 4 rings (SSSR count). The quantitative estimate of drug-likeness (QED) is 0.118. The fourth-order valence-electron chi connectivity index (χ4n) is 10.6. The number of hydrogen-bond acceptors (Lipinski definition) is 17. The van der Waals surface area contributed by atoms with Crippen LogP contribution in [0.25, 0.3) is 0 Å². The van der Waals surface area contributed by atoms with E-state index in [-0.39, 0.29) is 1060 Å². The minimum atomic E-state index is -2.47. The van der Waals surface area contributed by atoms with Crippen LogP contribution in [-0.2, 0) is 1070 Å². The largest absolute Gasteiger partial charge is 0.508 e. The average molecular weight is 3790 g/mol. The first-order valence-corrected chi connectivity index (χ1v) is 26.2. The van der Waals surface area contributed by atoms with Crippen LogP contribution in [0.4, 0.5) is 4.79 Å². The number of ketones is 3. The standard InChI is InChI=1S/C55H85NO17.31Y/c1-32-16-12-11-13-17-33(2)45(67-8)28-41-21-19-38(7)55(66,73-41)51(62)52(63)56-23-15-14-18-42(56)53(64)71-46(29-43(59)34(3)25-37(6)49(61)50(69-10)48(60)36(5)24-32)35(4)26-39-20-22-44(47(27-39)68-9)72-54(65)70-31-40(58)30-57;;;;;;;;;;;;;;;;;;;;;;;;;;;;;;;/h11-13,16-17,25,32,34-36,38-42,44-47,49-50,57-58,61,66H,14-15,18-24,26-31H2,1-10H3;;;;;;;;;;;;;;;;;;;;;;;;;;;;;;;/b13-11?,16-12+,33-17?,37-25+;;;;;;;;;;;;;;;;;;;;;;;;;;;;;;;/t32-,34-,35-,36-,38-,39+,40?,41?,42?,44-,45+,46+,47-,49-,50+,55-;;;;;;;;;;;;;;;;;;;;;;;;;;;;;;;/m1.............................../s1. The smallest absolute Gasteiger partial charge is 0.460 e. The van der Waals surface area contributed by atoms with E-state index in [2.05, 4.69) is 0 Å². The number of cyclic esters (lactones) is 1. The number of amides is 1. The Morgan fingerprint density at radius 1 is 0.625 bits per heavy atom. The number of nitrogens with zero attached hydrogens (tertiary/aromatic N) is 1. The summed E-state index contributed by atoms with van der Waals surface area (Å²) in [6, 6.07) is -1.20. The number of rotatable bonds is 10. The van der Waals surface area contributed by atoms with Gasteiger partial charge >= 0.3 is 12.1 Å². The zero-order valence-electron chi connectivity index (χ0n) is 62.7. The number of Topliss-reactive ketones (excluding diaryl/α,β-unsaturated/α-hetero) is 3. The zero-order chi connectivity index (χ0) is 54.2. The molecule has 1 saturated carbocycles. The number of methoxy groups -OCH3 is 3. The summed E-state index contributed by atoms with van der Waals surface area (Å²) in [7, 11) is 4.41. The number of hydrogen-bond donors (Lipinski definition) is 4. The molecule has 49 heteroatoms. The van der Waals surface area contributed by atoms with Gasteiger partial charge in [0.1, 0.15) is 49.0 Å². The number of piperidine rings is 1. The van der Waals surface area contributed by atoms with Gasteiger partial charge in [-0.15, -0.1) is 0 Å². The van der Waals surface area contributed by atoms with E-state index in [1.54, 1.807) is 40.9 Å². The molecule has 3 heterocycles. The SMILES string of the molecule is CO[C@H]1CC2CC[C@@H](C)[C@@](O)(O2)C(=O)C(=O)N2CCCCC2C(=O)O[C@H]([C@H](C)C[C@@H]2CC[C@@H](OC(=O)OCC(O)CO)[C@H](OC)C2)CC(=O)[C@H](C)/C=C(\C)[C@@H](O)[C@@H](OC)C(=O)[C@H](C)C[C@H](C)/C=C/C=CC=C1C.[Y].[Y].[Y].[Y].[Y].[Y].[Y].[Y].[Y].[Y].[Y].[Y].[Y].[Y].[Y].[Y].[Y].[Y].[Y].[Y].[Y].[Y].[Y].[Y].[Y].[Y].[Y].[Y].[Y].[Y].[Y]. The summed E-state index contributed by atoms with van der Waals surface area (Å²) >= 11 is 0. The molecular weight excluding hydrogens is 3700 g/mol. The summed E-state index contributed by atoms with van der Waals surface area (Å²) in [5.74, 6) is -8.66. The summed E-state index contributed by atoms with van der Waals surface area (Å²) < 4.78 is 40.0. The van der Waals surface area contributed by atoms with Crippen LogP contribution in [0.5, 0.6) is 0 Å². The number of esters is 1. The second-order valence-corrected chi connectivity index (χ2v) is 21.1. The Morgan fingerprint density at radius 3 is 1.61 bits per heavy atom. The maximum Gasteiger partial charge on any atom is 0.508 e. The van der Waals surface area contributed by atoms with Crippen LogP contribution in [0.2, 0.25) is 0 Å². The van der Waals surface area contributed by atoms with Crippen LogP contribution in [0.3, 0.4) is 0 Å². The van der Waals surface area contributed by atoms with E-state index in [1.807, 2.05) is 51.2 Å². The molecule has 3 fully saturated rings. The molecule has 2 bridgehead atoms. The third-order valence-corrected chi connectivity index (χ3v) is 15.3. The van der Waals surface area contributed by atoms with Crippen LogP contribution in [0.1, 0.15) is 126 Å². The van der Waals surface area contributed by atoms with Gasteiger partial charge in [0.2, 0.25) is 5.79 Å². The van der Waals surface area contributed by atoms with Gasteiger partial charge in [-0.2, -0.15) is 0 Å². The van der Waals surface area contributed by atoms with Gasteiger partial charge in [0, 0.05) is 1070 Å². The molecule has 3 unspecified atom stereocenters. The first-order valence-electron chi connectivity index (χ1n) is 26.2. The van der Waals surface area contributed by atoms with E-state index in [0.717, 1.165) is 10.5 Å². The van der Waals surface area contributed by atoms with Gasteiger partial charge in [-0.1, -0.05) is 71.1 Å². The van der Waals surface area contributed by atoms with Crippen molar-refractivity contribution >= 4 is 35.4 Å². The van der Waals surface area contributed by atoms with Crippen molar-refractivity contribution in [3.63, 3.8) is 0 Å². The predicted octanol–water partition coefficient (Wildman–Crippen LogP) is 5.62. The van der Waals surface area contributed by atoms with E-state index in [9.17, 15) is 44.1 Å². The summed E-state index contributed by atoms with van der Waals surface area (Å²) in [5.41, 5.74) is 1.21. The molecule has 1 amide bonds. The third kappa shape index (κ3) is 83.3. The average Bonchev–Trinajstić information content (AvgIpc) is 3.37. The predicted molar refractivity (Wildman–Crippen MR) is 268 cm³/mol. The van der Waals surface area contributed by atoms with Crippen molar-refractivity contribution in [2.24, 2.45) is 35.5 Å². The molecular formula is C55H85NO17Y31. The molecule has 4 aliphatic rings. The second-order valence-electron chi connectivity index (χ2n) is 21.1. The first kappa shape index (κ1) is 211. The van der Waals surface area contributed by atoms with Gasteiger partial charge in [0.05, 0.1) is 24.9 Å². The summed E-state index contributed by atoms with van der Waals surface area (Å²) in [6.45, 7) is 11.5. The maximum absolute atomic E-state index is 14.5. The van der Waals surface area contributed by atoms with E-state index >= 15 is 0 Å². The summed E-state index contributed by atoms with van der Waals surface area (Å²) in [5, 5.41) is 42.2. The fraction of sp³-hybridized carbons (Fsp3) is 0.745. The number of fused-ring (bicyclic) bond motifs is 3. The van der Waals surface area contributed by atoms with Crippen molar-refractivity contribution < 1.29 is 1100 Å². The monoisotopic (exact) mass is 3790 g/mol. The molecule has 31 radical (unpaired) electrons. The van der Waals surface area contributed by atoms with Crippen LogP contribution in [0, 0.1) is 35.5 Å². The van der Waals surface area contributed by atoms with Gasteiger partial charge in [0.25, 0.3) is 11.7 Å². The van der Waals surface area contributed by atoms with E-state index < -0.39 is 121 Å². The molecule has 104 heavy (non-hydrogen) atoms. The normalized spacial score (nSPS) is 25.6. The van der Waals surface area contributed by atoms with Crippen molar-refractivity contribution in [3.05, 3.63) is 47.6 Å². The van der Waals surface area contributed by atoms with E-state index in [0.29, 0.717) is 63.4 Å². The number of allylic oxidation sites excluding steroid dienone is 6. The minimum absolute atomic E-state index is 0. The Balaban J connectivity index is -0.0000000717. The molecule has 0 aromatic heterocycles. The molecule has 0 aromatic carbocycles. The Labute approximate surface area is 1400 Å². The van der Waals surface area contributed by atoms with E-state index in [1.165, 1.54) is 14.2 Å². The molecule has 18 nitrogen and oxygen atoms in total. The molecule has 0 aromatic rings. The van der Waals surface area contributed by atoms with E-state index in [4.69, 9.17) is 38.3 Å². The zero-order valence-corrected chi connectivity index (χ0v) is 151. The molecule has 3 aliphatic heterocycles. The van der Waals surface area contributed by atoms with Crippen molar-refractivity contribution in [1.82, 2.24) is 4.90 Å². The molecule has 1 aliphatic carbocycles. The number of ether oxygens (including phenoxy) is 7. The first-order chi connectivity index (χ1) is 34.6. The maximum atomic E-state index is 14.5. The Kier molecular flexibility index (Phi) is 254. The summed E-state index contributed by atoms with van der Waals surface area (Å²) in [6.07, 6.45) is 7.39. The number of carbonyl (C=O) groups is 6.